The standard InChI is InChI=1S/C22H27N3O3/c1-3-28-21-9-7-18(8-10-21)15-22(27)23-19-5-4-6-20(16-19)25-13-11-24(12-14-25)17(2)26/h4-10,16H,3,11-15H2,1-2H3,(H,23,27). The Bertz CT molecular complexity index is 812. The van der Waals surface area contributed by atoms with E-state index in [4.69, 9.17) is 4.74 Å². The minimum absolute atomic E-state index is 0.0530. The summed E-state index contributed by atoms with van der Waals surface area (Å²) in [5, 5.41) is 2.98. The second kappa shape index (κ2) is 9.26. The Labute approximate surface area is 166 Å². The zero-order valence-corrected chi connectivity index (χ0v) is 16.5. The molecule has 1 heterocycles. The highest BCUT2D eigenvalue weighted by Crippen LogP contribution is 2.21. The molecule has 6 nitrogen and oxygen atoms in total. The van der Waals surface area contributed by atoms with Crippen molar-refractivity contribution in [2.45, 2.75) is 20.3 Å². The first-order chi connectivity index (χ1) is 13.5. The van der Waals surface area contributed by atoms with Crippen LogP contribution in [-0.4, -0.2) is 49.5 Å². The fraction of sp³-hybridized carbons (Fsp3) is 0.364. The molecule has 1 saturated heterocycles. The molecule has 0 saturated carbocycles. The molecule has 1 fully saturated rings. The van der Waals surface area contributed by atoms with E-state index in [1.54, 1.807) is 6.92 Å². The number of nitrogens with one attached hydrogen (secondary N) is 1. The maximum Gasteiger partial charge on any atom is 0.228 e. The molecule has 2 amide bonds. The predicted molar refractivity (Wildman–Crippen MR) is 111 cm³/mol. The van der Waals surface area contributed by atoms with Gasteiger partial charge >= 0.3 is 0 Å². The van der Waals surface area contributed by atoms with Crippen LogP contribution in [0.25, 0.3) is 0 Å². The monoisotopic (exact) mass is 381 g/mol. The molecule has 2 aromatic rings. The Morgan fingerprint density at radius 1 is 1.04 bits per heavy atom. The third-order valence-electron chi connectivity index (χ3n) is 4.82. The third-order valence-corrected chi connectivity index (χ3v) is 4.82. The Balaban J connectivity index is 1.56. The first-order valence-corrected chi connectivity index (χ1v) is 9.67. The van der Waals surface area contributed by atoms with Crippen LogP contribution in [0.15, 0.2) is 48.5 Å². The zero-order valence-electron chi connectivity index (χ0n) is 16.5. The molecule has 0 aromatic heterocycles. The molecule has 1 aliphatic rings. The molecular formula is C22H27N3O3. The van der Waals surface area contributed by atoms with E-state index in [0.29, 0.717) is 13.0 Å². The highest BCUT2D eigenvalue weighted by molar-refractivity contribution is 5.92. The van der Waals surface area contributed by atoms with Crippen LogP contribution in [-0.2, 0) is 16.0 Å². The van der Waals surface area contributed by atoms with Gasteiger partial charge in [0.25, 0.3) is 0 Å². The van der Waals surface area contributed by atoms with Crippen LogP contribution in [0.4, 0.5) is 11.4 Å². The number of benzene rings is 2. The average molecular weight is 381 g/mol. The van der Waals surface area contributed by atoms with Crippen LogP contribution in [0, 0.1) is 0 Å². The van der Waals surface area contributed by atoms with E-state index in [0.717, 1.165) is 48.9 Å². The van der Waals surface area contributed by atoms with Crippen molar-refractivity contribution in [3.05, 3.63) is 54.1 Å². The number of nitrogens with zero attached hydrogens (tertiary/aromatic N) is 2. The number of anilines is 2. The summed E-state index contributed by atoms with van der Waals surface area (Å²) in [6, 6.07) is 15.4. The van der Waals surface area contributed by atoms with E-state index in [2.05, 4.69) is 10.2 Å². The molecule has 1 aliphatic heterocycles. The van der Waals surface area contributed by atoms with Crippen molar-refractivity contribution in [2.24, 2.45) is 0 Å². The summed E-state index contributed by atoms with van der Waals surface area (Å²) in [5.41, 5.74) is 2.78. The van der Waals surface area contributed by atoms with Crippen LogP contribution in [0.1, 0.15) is 19.4 Å². The van der Waals surface area contributed by atoms with E-state index in [1.165, 1.54) is 0 Å². The van der Waals surface area contributed by atoms with Gasteiger partial charge in [0.15, 0.2) is 0 Å². The molecule has 6 heteroatoms. The van der Waals surface area contributed by atoms with E-state index >= 15 is 0 Å². The van der Waals surface area contributed by atoms with Crippen LogP contribution in [0.5, 0.6) is 5.75 Å². The molecule has 0 bridgehead atoms. The maximum atomic E-state index is 12.4. The van der Waals surface area contributed by atoms with Gasteiger partial charge in [0.2, 0.25) is 11.8 Å². The molecular weight excluding hydrogens is 354 g/mol. The van der Waals surface area contributed by atoms with Crippen LogP contribution < -0.4 is 15.0 Å². The molecule has 0 atom stereocenters. The van der Waals surface area contributed by atoms with Gasteiger partial charge in [-0.3, -0.25) is 9.59 Å². The molecule has 28 heavy (non-hydrogen) atoms. The SMILES string of the molecule is CCOc1ccc(CC(=O)Nc2cccc(N3CCN(C(C)=O)CC3)c2)cc1. The van der Waals surface area contributed by atoms with E-state index in [1.807, 2.05) is 60.4 Å². The number of hydrogen-bond acceptors (Lipinski definition) is 4. The highest BCUT2D eigenvalue weighted by Gasteiger charge is 2.19. The van der Waals surface area contributed by atoms with Crippen molar-refractivity contribution in [3.63, 3.8) is 0 Å². The van der Waals surface area contributed by atoms with Gasteiger partial charge < -0.3 is 19.9 Å². The van der Waals surface area contributed by atoms with Gasteiger partial charge in [-0.25, -0.2) is 0 Å². The molecule has 0 unspecified atom stereocenters. The van der Waals surface area contributed by atoms with Crippen molar-refractivity contribution in [3.8, 4) is 5.75 Å². The molecule has 1 N–H and O–H groups in total. The molecule has 148 valence electrons. The molecule has 2 aromatic carbocycles. The van der Waals surface area contributed by atoms with Gasteiger partial charge in [-0.05, 0) is 42.8 Å². The number of piperazine rings is 1. The second-order valence-corrected chi connectivity index (χ2v) is 6.85. The Morgan fingerprint density at radius 2 is 1.75 bits per heavy atom. The molecule has 3 rings (SSSR count). The van der Waals surface area contributed by atoms with Gasteiger partial charge in [0.05, 0.1) is 13.0 Å². The lowest BCUT2D eigenvalue weighted by molar-refractivity contribution is -0.129. The lowest BCUT2D eigenvalue weighted by Crippen LogP contribution is -2.48. The van der Waals surface area contributed by atoms with E-state index in [9.17, 15) is 9.59 Å². The zero-order chi connectivity index (χ0) is 19.9. The Hall–Kier alpha value is -3.02. The van der Waals surface area contributed by atoms with Crippen LogP contribution in [0.2, 0.25) is 0 Å². The van der Waals surface area contributed by atoms with Crippen molar-refractivity contribution in [2.75, 3.05) is 43.0 Å². The largest absolute Gasteiger partial charge is 0.494 e. The van der Waals surface area contributed by atoms with E-state index < -0.39 is 0 Å². The summed E-state index contributed by atoms with van der Waals surface area (Å²) >= 11 is 0. The van der Waals surface area contributed by atoms with Gasteiger partial charge in [0, 0.05) is 44.5 Å². The normalized spacial score (nSPS) is 13.9. The average Bonchev–Trinajstić information content (AvgIpc) is 2.70. The molecule has 0 radical (unpaired) electrons. The highest BCUT2D eigenvalue weighted by atomic mass is 16.5. The van der Waals surface area contributed by atoms with Crippen LogP contribution in [0.3, 0.4) is 0 Å². The second-order valence-electron chi connectivity index (χ2n) is 6.85. The fourth-order valence-corrected chi connectivity index (χ4v) is 3.32. The Morgan fingerprint density at radius 3 is 2.39 bits per heavy atom. The van der Waals surface area contributed by atoms with Crippen molar-refractivity contribution < 1.29 is 14.3 Å². The third kappa shape index (κ3) is 5.25. The molecule has 0 aliphatic carbocycles. The fourth-order valence-electron chi connectivity index (χ4n) is 3.32. The first-order valence-electron chi connectivity index (χ1n) is 9.67. The van der Waals surface area contributed by atoms with Crippen molar-refractivity contribution in [1.82, 2.24) is 4.90 Å². The minimum Gasteiger partial charge on any atom is -0.494 e. The quantitative estimate of drug-likeness (QED) is 0.836. The minimum atomic E-state index is -0.0530. The number of rotatable bonds is 6. The van der Waals surface area contributed by atoms with Crippen molar-refractivity contribution >= 4 is 23.2 Å². The van der Waals surface area contributed by atoms with Crippen molar-refractivity contribution in [1.29, 1.82) is 0 Å². The number of carbonyl (C=O) groups is 2. The van der Waals surface area contributed by atoms with Gasteiger partial charge in [-0.2, -0.15) is 0 Å². The predicted octanol–water partition coefficient (Wildman–Crippen LogP) is 2.94. The van der Waals surface area contributed by atoms with Gasteiger partial charge in [-0.1, -0.05) is 18.2 Å². The Kier molecular flexibility index (Phi) is 6.53. The first kappa shape index (κ1) is 19.7. The summed E-state index contributed by atoms with van der Waals surface area (Å²) < 4.78 is 5.43. The maximum absolute atomic E-state index is 12.4. The summed E-state index contributed by atoms with van der Waals surface area (Å²) in [6.45, 7) is 7.22. The summed E-state index contributed by atoms with van der Waals surface area (Å²) in [5.74, 6) is 0.877. The number of hydrogen-bond donors (Lipinski definition) is 1. The number of ether oxygens (including phenoxy) is 1. The topological polar surface area (TPSA) is 61.9 Å². The van der Waals surface area contributed by atoms with E-state index in [-0.39, 0.29) is 11.8 Å². The summed E-state index contributed by atoms with van der Waals surface area (Å²) in [4.78, 5) is 28.0. The number of carbonyl (C=O) groups excluding carboxylic acids is 2. The van der Waals surface area contributed by atoms with Gasteiger partial charge in [0.1, 0.15) is 5.75 Å². The van der Waals surface area contributed by atoms with Crippen LogP contribution >= 0.6 is 0 Å². The van der Waals surface area contributed by atoms with Gasteiger partial charge in [-0.15, -0.1) is 0 Å². The smallest absolute Gasteiger partial charge is 0.228 e. The lowest BCUT2D eigenvalue weighted by Gasteiger charge is -2.35. The number of amides is 2. The summed E-state index contributed by atoms with van der Waals surface area (Å²) in [7, 11) is 0. The lowest BCUT2D eigenvalue weighted by atomic mass is 10.1. The molecule has 0 spiro atoms. The summed E-state index contributed by atoms with van der Waals surface area (Å²) in [6.07, 6.45) is 0.313.